The predicted octanol–water partition coefficient (Wildman–Crippen LogP) is 1.71. The molecule has 0 N–H and O–H groups in total. The van der Waals surface area contributed by atoms with Crippen molar-refractivity contribution in [3.8, 4) is 0 Å². The summed E-state index contributed by atoms with van der Waals surface area (Å²) in [4.78, 5) is 0. The molecule has 0 saturated carbocycles. The summed E-state index contributed by atoms with van der Waals surface area (Å²) in [6.07, 6.45) is 11.5. The van der Waals surface area contributed by atoms with Crippen molar-refractivity contribution in [2.45, 2.75) is 58.3 Å². The number of thiol groups is 3. The Kier molecular flexibility index (Phi) is 16.4. The fraction of sp³-hybridized carbons (Fsp3) is 1.00. The summed E-state index contributed by atoms with van der Waals surface area (Å²) in [5.41, 5.74) is 0. The average Bonchev–Trinajstić information content (AvgIpc) is 2.57. The number of unbranched alkanes of at least 4 members (excludes halogenated alkanes) is 4. The van der Waals surface area contributed by atoms with Crippen molar-refractivity contribution in [3.05, 3.63) is 0 Å². The Morgan fingerprint density at radius 3 is 1.08 bits per heavy atom. The molecule has 26 heavy (non-hydrogen) atoms. The predicted molar refractivity (Wildman–Crippen MR) is 116 cm³/mol. The van der Waals surface area contributed by atoms with E-state index in [9.17, 15) is 25.3 Å². The van der Waals surface area contributed by atoms with Gasteiger partial charge in [0.2, 0.25) is 0 Å². The van der Waals surface area contributed by atoms with Gasteiger partial charge in [-0.2, -0.15) is 0 Å². The van der Waals surface area contributed by atoms with Crippen LogP contribution in [0.5, 0.6) is 0 Å². The van der Waals surface area contributed by atoms with E-state index in [1.165, 1.54) is 6.16 Å². The van der Waals surface area contributed by atoms with Crippen molar-refractivity contribution in [2.24, 2.45) is 0 Å². The number of rotatable bonds is 18. The van der Waals surface area contributed by atoms with E-state index < -0.39 is 39.4 Å². The molecule has 0 bridgehead atoms. The zero-order valence-corrected chi connectivity index (χ0v) is 19.6. The molecular formula is C16H37O6PS3. The number of hydrogen-bond donors (Lipinski definition) is 3. The summed E-state index contributed by atoms with van der Waals surface area (Å²) < 4.78 is 64.7. The minimum absolute atomic E-state index is 0.237. The van der Waals surface area contributed by atoms with Gasteiger partial charge >= 0.3 is 165 Å². The van der Waals surface area contributed by atoms with E-state index in [1.807, 2.05) is 0 Å². The molecule has 0 aromatic heterocycles. The van der Waals surface area contributed by atoms with Crippen LogP contribution in [-0.4, -0.2) is 67.2 Å². The van der Waals surface area contributed by atoms with Gasteiger partial charge in [0.1, 0.15) is 0 Å². The Balaban J connectivity index is 4.81. The molecule has 0 aliphatic carbocycles. The zero-order chi connectivity index (χ0) is 19.8. The second-order valence-electron chi connectivity index (χ2n) is 7.14. The second-order valence-corrected chi connectivity index (χ2v) is 15.5. The first-order valence-corrected chi connectivity index (χ1v) is 16.6. The third kappa shape index (κ3) is 15.3. The van der Waals surface area contributed by atoms with Crippen LogP contribution < -0.4 is 0 Å². The van der Waals surface area contributed by atoms with Gasteiger partial charge in [-0.25, -0.2) is 0 Å². The van der Waals surface area contributed by atoms with E-state index in [-0.39, 0.29) is 17.3 Å². The Hall–Kier alpha value is 0.280. The molecule has 0 rings (SSSR count). The average molecular weight is 453 g/mol. The first-order valence-electron chi connectivity index (χ1n) is 9.67. The monoisotopic (exact) mass is 452 g/mol. The molecule has 0 atom stereocenters. The second kappa shape index (κ2) is 16.3. The Morgan fingerprint density at radius 1 is 0.500 bits per heavy atom. The van der Waals surface area contributed by atoms with Gasteiger partial charge in [0.15, 0.2) is 0 Å². The molecule has 10 heteroatoms. The van der Waals surface area contributed by atoms with Gasteiger partial charge in [0.25, 0.3) is 0 Å². The van der Waals surface area contributed by atoms with Gasteiger partial charge in [-0.1, -0.05) is 0 Å². The van der Waals surface area contributed by atoms with E-state index >= 15 is 0 Å². The quantitative estimate of drug-likeness (QED) is 0.166. The van der Waals surface area contributed by atoms with E-state index in [0.717, 1.165) is 50.6 Å². The van der Waals surface area contributed by atoms with Crippen LogP contribution in [0.25, 0.3) is 0 Å². The fourth-order valence-electron chi connectivity index (χ4n) is 3.52. The van der Waals surface area contributed by atoms with Crippen LogP contribution in [0, 0.1) is 0 Å². The summed E-state index contributed by atoms with van der Waals surface area (Å²) >= 11 is 0. The molecule has 0 saturated heterocycles. The summed E-state index contributed by atoms with van der Waals surface area (Å²) in [5.74, 6) is 0.711. The maximum atomic E-state index is 10.8. The fourth-order valence-corrected chi connectivity index (χ4v) is 10.6. The first-order chi connectivity index (χ1) is 12.3. The molecule has 0 fully saturated rings. The SMILES string of the molecule is CCCC[PH](CCCC[SH](=O)=O)(CCCC[SH](=O)=O)CCCC[SH](=O)=O. The molecule has 0 heterocycles. The van der Waals surface area contributed by atoms with Crippen molar-refractivity contribution < 1.29 is 25.3 Å². The van der Waals surface area contributed by atoms with Gasteiger partial charge in [-0.05, 0) is 0 Å². The number of hydrogen-bond acceptors (Lipinski definition) is 6. The molecular weight excluding hydrogens is 415 g/mol. The summed E-state index contributed by atoms with van der Waals surface area (Å²) in [7, 11) is -8.58. The van der Waals surface area contributed by atoms with Gasteiger partial charge in [-0.15, -0.1) is 0 Å². The topological polar surface area (TPSA) is 102 Å². The molecule has 0 radical (unpaired) electrons. The Bertz CT molecular complexity index is 486. The van der Waals surface area contributed by atoms with Crippen molar-refractivity contribution >= 4 is 39.4 Å². The van der Waals surface area contributed by atoms with Crippen LogP contribution in [0.15, 0.2) is 0 Å². The van der Waals surface area contributed by atoms with Crippen LogP contribution in [-0.2, 0) is 32.1 Å². The van der Waals surface area contributed by atoms with Crippen LogP contribution >= 0.6 is 7.26 Å². The van der Waals surface area contributed by atoms with Gasteiger partial charge < -0.3 is 0 Å². The summed E-state index contributed by atoms with van der Waals surface area (Å²) in [6.45, 7) is 2.16. The third-order valence-corrected chi connectivity index (χ3v) is 12.7. The van der Waals surface area contributed by atoms with Crippen molar-refractivity contribution in [3.63, 3.8) is 0 Å². The van der Waals surface area contributed by atoms with Crippen LogP contribution in [0.1, 0.15) is 58.3 Å². The molecule has 0 amide bonds. The zero-order valence-electron chi connectivity index (χ0n) is 15.9. The van der Waals surface area contributed by atoms with Crippen LogP contribution in [0.4, 0.5) is 0 Å². The van der Waals surface area contributed by atoms with Crippen molar-refractivity contribution in [1.29, 1.82) is 0 Å². The Labute approximate surface area is 164 Å². The van der Waals surface area contributed by atoms with Gasteiger partial charge in [0.05, 0.1) is 0 Å². The van der Waals surface area contributed by atoms with E-state index in [0.29, 0.717) is 19.3 Å². The van der Waals surface area contributed by atoms with E-state index in [4.69, 9.17) is 0 Å². The molecule has 0 aromatic rings. The van der Waals surface area contributed by atoms with Crippen LogP contribution in [0.3, 0.4) is 0 Å². The van der Waals surface area contributed by atoms with Crippen LogP contribution in [0.2, 0.25) is 0 Å². The molecule has 0 aromatic carbocycles. The third-order valence-electron chi connectivity index (χ3n) is 4.95. The molecule has 0 spiro atoms. The van der Waals surface area contributed by atoms with E-state index in [1.54, 1.807) is 0 Å². The first kappa shape index (κ1) is 26.3. The molecule has 160 valence electrons. The minimum atomic E-state index is -2.32. The van der Waals surface area contributed by atoms with E-state index in [2.05, 4.69) is 6.92 Å². The summed E-state index contributed by atoms with van der Waals surface area (Å²) in [5, 5.41) is 0. The molecule has 0 aliphatic heterocycles. The van der Waals surface area contributed by atoms with Crippen molar-refractivity contribution in [2.75, 3.05) is 41.9 Å². The Morgan fingerprint density at radius 2 is 0.808 bits per heavy atom. The maximum absolute atomic E-state index is 10.8. The van der Waals surface area contributed by atoms with Gasteiger partial charge in [0, 0.05) is 0 Å². The normalized spacial score (nSPS) is 13.1. The van der Waals surface area contributed by atoms with Gasteiger partial charge in [-0.3, -0.25) is 0 Å². The molecule has 6 nitrogen and oxygen atoms in total. The van der Waals surface area contributed by atoms with Crippen molar-refractivity contribution in [1.82, 2.24) is 0 Å². The molecule has 0 aliphatic rings. The standard InChI is InChI=1S/C16H37O6PS3/c1-2-3-10-23(11-4-7-14-24(17)18,12-5-8-15-25(19)20)13-6-9-16-26(21)22/h23-26H,2-16H2,1H3. The molecule has 0 unspecified atom stereocenters. The summed E-state index contributed by atoms with van der Waals surface area (Å²) in [6, 6.07) is 0.